The summed E-state index contributed by atoms with van der Waals surface area (Å²) in [7, 11) is 0. The van der Waals surface area contributed by atoms with Gasteiger partial charge in [0.1, 0.15) is 12.1 Å². The van der Waals surface area contributed by atoms with E-state index in [1.54, 1.807) is 15.9 Å². The molecule has 6 nitrogen and oxygen atoms in total. The molecule has 37 heavy (non-hydrogen) atoms. The third kappa shape index (κ3) is 6.30. The van der Waals surface area contributed by atoms with Gasteiger partial charge in [0.2, 0.25) is 11.8 Å². The van der Waals surface area contributed by atoms with Crippen LogP contribution in [0.15, 0.2) is 67.3 Å². The Bertz CT molecular complexity index is 1080. The van der Waals surface area contributed by atoms with Crippen LogP contribution in [0.2, 0.25) is 0 Å². The normalized spacial score (nSPS) is 18.4. The topological polar surface area (TPSA) is 69.7 Å². The predicted octanol–water partition coefficient (Wildman–Crippen LogP) is 5.03. The average molecular weight is 504 g/mol. The van der Waals surface area contributed by atoms with Crippen LogP contribution in [-0.2, 0) is 20.9 Å². The first kappa shape index (κ1) is 28.2. The molecule has 0 aliphatic carbocycles. The molecule has 1 aromatic rings. The van der Waals surface area contributed by atoms with Crippen molar-refractivity contribution in [1.29, 1.82) is 0 Å². The quantitative estimate of drug-likeness (QED) is 0.435. The van der Waals surface area contributed by atoms with Crippen LogP contribution < -0.4 is 5.32 Å². The molecule has 0 saturated carbocycles. The van der Waals surface area contributed by atoms with Crippen LogP contribution in [0.3, 0.4) is 0 Å². The first-order chi connectivity index (χ1) is 17.7. The molecule has 2 heterocycles. The number of carbonyl (C=O) groups is 3. The molecule has 2 atom stereocenters. The van der Waals surface area contributed by atoms with Gasteiger partial charge in [0.15, 0.2) is 0 Å². The van der Waals surface area contributed by atoms with Gasteiger partial charge in [-0.05, 0) is 53.9 Å². The zero-order valence-electron chi connectivity index (χ0n) is 22.6. The Hall–Kier alpha value is -3.41. The highest BCUT2D eigenvalue weighted by atomic mass is 16.2. The Morgan fingerprint density at radius 1 is 1.16 bits per heavy atom. The van der Waals surface area contributed by atoms with E-state index >= 15 is 0 Å². The smallest absolute Gasteiger partial charge is 0.255 e. The van der Waals surface area contributed by atoms with E-state index in [0.29, 0.717) is 31.6 Å². The lowest BCUT2D eigenvalue weighted by Crippen LogP contribution is -2.55. The van der Waals surface area contributed by atoms with Crippen LogP contribution in [0.5, 0.6) is 0 Å². The van der Waals surface area contributed by atoms with Crippen molar-refractivity contribution in [1.82, 2.24) is 15.1 Å². The fraction of sp³-hybridized carbons (Fsp3) is 0.452. The molecule has 0 radical (unpaired) electrons. The van der Waals surface area contributed by atoms with Crippen molar-refractivity contribution < 1.29 is 14.4 Å². The number of hydrogen-bond acceptors (Lipinski definition) is 3. The molecular weight excluding hydrogens is 462 g/mol. The first-order valence-corrected chi connectivity index (χ1v) is 13.4. The summed E-state index contributed by atoms with van der Waals surface area (Å²) in [4.78, 5) is 43.2. The Morgan fingerprint density at radius 2 is 1.86 bits per heavy atom. The van der Waals surface area contributed by atoms with Gasteiger partial charge in [0.05, 0.1) is 0 Å². The van der Waals surface area contributed by atoms with E-state index in [4.69, 9.17) is 0 Å². The number of nitrogens with one attached hydrogen (secondary N) is 1. The third-order valence-electron chi connectivity index (χ3n) is 7.35. The van der Waals surface area contributed by atoms with Crippen LogP contribution in [0.25, 0.3) is 5.57 Å². The molecule has 1 saturated heterocycles. The molecule has 1 N–H and O–H groups in total. The van der Waals surface area contributed by atoms with Crippen molar-refractivity contribution in [2.24, 2.45) is 5.92 Å². The Kier molecular flexibility index (Phi) is 9.67. The van der Waals surface area contributed by atoms with Crippen molar-refractivity contribution in [2.45, 2.75) is 71.5 Å². The molecule has 2 aliphatic heterocycles. The average Bonchev–Trinajstić information content (AvgIpc) is 3.50. The Labute approximate surface area is 221 Å². The number of rotatable bonds is 12. The zero-order chi connectivity index (χ0) is 27.1. The largest absolute Gasteiger partial charge is 0.350 e. The summed E-state index contributed by atoms with van der Waals surface area (Å²) in [5.41, 5.74) is 4.52. The van der Waals surface area contributed by atoms with E-state index in [2.05, 4.69) is 32.0 Å². The van der Waals surface area contributed by atoms with E-state index in [0.717, 1.165) is 48.0 Å². The van der Waals surface area contributed by atoms with Crippen molar-refractivity contribution >= 4 is 23.3 Å². The van der Waals surface area contributed by atoms with Gasteiger partial charge in [-0.25, -0.2) is 0 Å². The summed E-state index contributed by atoms with van der Waals surface area (Å²) in [6.45, 7) is 19.0. The molecule has 198 valence electrons. The van der Waals surface area contributed by atoms with E-state index in [9.17, 15) is 14.4 Å². The summed E-state index contributed by atoms with van der Waals surface area (Å²) in [6, 6.07) is 6.94. The Balaban J connectivity index is 1.65. The number of benzene rings is 1. The van der Waals surface area contributed by atoms with E-state index in [1.165, 1.54) is 6.08 Å². The van der Waals surface area contributed by atoms with E-state index < -0.39 is 12.1 Å². The highest BCUT2D eigenvalue weighted by Gasteiger charge is 2.43. The second kappa shape index (κ2) is 12.7. The van der Waals surface area contributed by atoms with Gasteiger partial charge in [-0.15, -0.1) is 0 Å². The van der Waals surface area contributed by atoms with Gasteiger partial charge in [-0.1, -0.05) is 83.3 Å². The molecule has 0 aromatic heterocycles. The minimum atomic E-state index is -0.651. The maximum atomic E-state index is 13.7. The molecule has 1 aromatic carbocycles. The molecule has 2 unspecified atom stereocenters. The monoisotopic (exact) mass is 503 g/mol. The van der Waals surface area contributed by atoms with Crippen LogP contribution in [-0.4, -0.2) is 52.7 Å². The Morgan fingerprint density at radius 3 is 2.43 bits per heavy atom. The minimum absolute atomic E-state index is 0.110. The summed E-state index contributed by atoms with van der Waals surface area (Å²) in [5, 5.41) is 3.02. The molecule has 1 fully saturated rings. The molecular formula is C31H41N3O3. The van der Waals surface area contributed by atoms with Crippen molar-refractivity contribution in [3.05, 3.63) is 78.4 Å². The van der Waals surface area contributed by atoms with Gasteiger partial charge in [-0.2, -0.15) is 0 Å². The number of allylic oxidation sites excluding steroid dienone is 1. The zero-order valence-corrected chi connectivity index (χ0v) is 22.6. The fourth-order valence-corrected chi connectivity index (χ4v) is 5.20. The molecule has 2 aliphatic rings. The molecule has 0 spiro atoms. The molecule has 3 rings (SSSR count). The van der Waals surface area contributed by atoms with Gasteiger partial charge in [-0.3, -0.25) is 14.4 Å². The van der Waals surface area contributed by atoms with Crippen LogP contribution >= 0.6 is 0 Å². The van der Waals surface area contributed by atoms with Crippen molar-refractivity contribution in [2.75, 3.05) is 13.1 Å². The predicted molar refractivity (Wildman–Crippen MR) is 149 cm³/mol. The summed E-state index contributed by atoms with van der Waals surface area (Å²) < 4.78 is 0. The lowest BCUT2D eigenvalue weighted by molar-refractivity contribution is -0.147. The minimum Gasteiger partial charge on any atom is -0.350 e. The van der Waals surface area contributed by atoms with Gasteiger partial charge in [0.25, 0.3) is 5.91 Å². The van der Waals surface area contributed by atoms with Gasteiger partial charge < -0.3 is 15.1 Å². The SMILES string of the molecule is C=CC1=C(C=C)C(=O)N(C(C(=O)N2CCCC2C(=O)NCc2ccc(C(=C)CCCC)cc2)C(C)C)C1. The summed E-state index contributed by atoms with van der Waals surface area (Å²) in [5.74, 6) is -0.654. The number of hydrogen-bond donors (Lipinski definition) is 1. The number of nitrogens with zero attached hydrogens (tertiary/aromatic N) is 2. The summed E-state index contributed by atoms with van der Waals surface area (Å²) >= 11 is 0. The first-order valence-electron chi connectivity index (χ1n) is 13.4. The second-order valence-corrected chi connectivity index (χ2v) is 10.3. The lowest BCUT2D eigenvalue weighted by Gasteiger charge is -2.35. The number of likely N-dealkylation sites (tertiary alicyclic amines) is 1. The second-order valence-electron chi connectivity index (χ2n) is 10.3. The standard InChI is InChI=1S/C31H41N3O3/c1-7-10-12-22(6)25-16-14-23(15-17-25)19-32-29(35)27-13-11-18-33(27)31(37)28(21(4)5)34-20-24(8-2)26(9-3)30(34)36/h8-9,14-17,21,27-28H,2-3,6-7,10-13,18-20H2,1,4-5H3,(H,32,35). The van der Waals surface area contributed by atoms with E-state index in [-0.39, 0.29) is 23.6 Å². The maximum Gasteiger partial charge on any atom is 0.255 e. The maximum absolute atomic E-state index is 13.7. The summed E-state index contributed by atoms with van der Waals surface area (Å²) in [6.07, 6.45) is 7.79. The van der Waals surface area contributed by atoms with Crippen LogP contribution in [0.4, 0.5) is 0 Å². The molecule has 6 heteroatoms. The highest BCUT2D eigenvalue weighted by molar-refractivity contribution is 6.03. The third-order valence-corrected chi connectivity index (χ3v) is 7.35. The molecule has 0 bridgehead atoms. The molecule has 3 amide bonds. The lowest BCUT2D eigenvalue weighted by atomic mass is 10.00. The van der Waals surface area contributed by atoms with Crippen molar-refractivity contribution in [3.63, 3.8) is 0 Å². The number of unbranched alkanes of at least 4 members (excludes halogenated alkanes) is 1. The van der Waals surface area contributed by atoms with E-state index in [1.807, 2.05) is 38.1 Å². The fourth-order valence-electron chi connectivity index (χ4n) is 5.20. The van der Waals surface area contributed by atoms with Gasteiger partial charge in [0, 0.05) is 25.2 Å². The van der Waals surface area contributed by atoms with Crippen molar-refractivity contribution in [3.8, 4) is 0 Å². The highest BCUT2D eigenvalue weighted by Crippen LogP contribution is 2.29. The van der Waals surface area contributed by atoms with Crippen LogP contribution in [0.1, 0.15) is 64.0 Å². The number of carbonyl (C=O) groups excluding carboxylic acids is 3. The van der Waals surface area contributed by atoms with Gasteiger partial charge >= 0.3 is 0 Å². The van der Waals surface area contributed by atoms with Crippen LogP contribution in [0, 0.1) is 5.92 Å². The number of amides is 3.